The maximum absolute atomic E-state index is 11.6. The molecule has 0 radical (unpaired) electrons. The molecule has 80 valence electrons. The first-order valence-electron chi connectivity index (χ1n) is 4.99. The molecule has 3 heteroatoms. The lowest BCUT2D eigenvalue weighted by Gasteiger charge is -2.15. The number of carbonyl (C=O) groups is 1. The number of esters is 1. The summed E-state index contributed by atoms with van der Waals surface area (Å²) < 4.78 is 4.78. The number of ether oxygens (including phenoxy) is 1. The van der Waals surface area contributed by atoms with Gasteiger partial charge in [-0.05, 0) is 25.8 Å². The molecule has 1 fully saturated rings. The van der Waals surface area contributed by atoms with Crippen LogP contribution in [0, 0.1) is 6.92 Å². The van der Waals surface area contributed by atoms with Gasteiger partial charge in [0.05, 0.1) is 12.5 Å². The third-order valence-electron chi connectivity index (χ3n) is 2.99. The molecule has 0 heterocycles. The van der Waals surface area contributed by atoms with Gasteiger partial charge in [0.25, 0.3) is 0 Å². The van der Waals surface area contributed by atoms with E-state index in [0.717, 1.165) is 18.4 Å². The summed E-state index contributed by atoms with van der Waals surface area (Å²) in [7, 11) is 1.38. The van der Waals surface area contributed by atoms with Crippen LogP contribution in [0.2, 0.25) is 0 Å². The van der Waals surface area contributed by atoms with Crippen molar-refractivity contribution in [3.63, 3.8) is 0 Å². The van der Waals surface area contributed by atoms with Crippen LogP contribution in [0.5, 0.6) is 5.75 Å². The van der Waals surface area contributed by atoms with E-state index in [2.05, 4.69) is 0 Å². The summed E-state index contributed by atoms with van der Waals surface area (Å²) in [6, 6.07) is 5.32. The number of benzene rings is 1. The molecule has 2 rings (SSSR count). The Morgan fingerprint density at radius 2 is 2.13 bits per heavy atom. The Bertz CT molecular complexity index is 405. The fourth-order valence-corrected chi connectivity index (χ4v) is 1.94. The van der Waals surface area contributed by atoms with Gasteiger partial charge in [-0.1, -0.05) is 17.7 Å². The summed E-state index contributed by atoms with van der Waals surface area (Å²) in [6.07, 6.45) is 1.52. The highest BCUT2D eigenvalue weighted by molar-refractivity contribution is 5.87. The Balaban J connectivity index is 2.45. The van der Waals surface area contributed by atoms with Gasteiger partial charge in [-0.25, -0.2) is 0 Å². The zero-order valence-corrected chi connectivity index (χ0v) is 8.91. The topological polar surface area (TPSA) is 46.5 Å². The highest BCUT2D eigenvalue weighted by atomic mass is 16.5. The zero-order chi connectivity index (χ0) is 11.1. The minimum atomic E-state index is -0.579. The minimum absolute atomic E-state index is 0.184. The number of aromatic hydroxyl groups is 1. The number of phenolic OH excluding ortho intramolecular Hbond substituents is 1. The molecule has 1 saturated carbocycles. The van der Waals surface area contributed by atoms with Crippen molar-refractivity contribution in [2.24, 2.45) is 0 Å². The molecule has 0 atom stereocenters. The van der Waals surface area contributed by atoms with E-state index in [-0.39, 0.29) is 11.7 Å². The minimum Gasteiger partial charge on any atom is -0.508 e. The summed E-state index contributed by atoms with van der Waals surface area (Å²) in [4.78, 5) is 11.6. The standard InChI is InChI=1S/C12H14O3/c1-8-3-4-10(13)9(7-8)12(5-6-12)11(14)15-2/h3-4,7,13H,5-6H2,1-2H3. The summed E-state index contributed by atoms with van der Waals surface area (Å²) in [5, 5.41) is 9.75. The molecular formula is C12H14O3. The van der Waals surface area contributed by atoms with Gasteiger partial charge in [-0.2, -0.15) is 0 Å². The van der Waals surface area contributed by atoms with Gasteiger partial charge in [0, 0.05) is 5.56 Å². The largest absolute Gasteiger partial charge is 0.508 e. The van der Waals surface area contributed by atoms with Crippen molar-refractivity contribution >= 4 is 5.97 Å². The molecule has 0 saturated heterocycles. The third kappa shape index (κ3) is 1.48. The second kappa shape index (κ2) is 3.26. The first kappa shape index (κ1) is 10.0. The fourth-order valence-electron chi connectivity index (χ4n) is 1.94. The van der Waals surface area contributed by atoms with E-state index < -0.39 is 5.41 Å². The quantitative estimate of drug-likeness (QED) is 0.752. The Kier molecular flexibility index (Phi) is 2.18. The molecular weight excluding hydrogens is 192 g/mol. The van der Waals surface area contributed by atoms with Crippen LogP contribution >= 0.6 is 0 Å². The molecule has 0 aromatic heterocycles. The number of aryl methyl sites for hydroxylation is 1. The molecule has 1 aliphatic rings. The van der Waals surface area contributed by atoms with Gasteiger partial charge in [-0.15, -0.1) is 0 Å². The van der Waals surface area contributed by atoms with Crippen molar-refractivity contribution in [2.75, 3.05) is 7.11 Å². The third-order valence-corrected chi connectivity index (χ3v) is 2.99. The average Bonchev–Trinajstić information content (AvgIpc) is 3.01. The van der Waals surface area contributed by atoms with Gasteiger partial charge < -0.3 is 9.84 Å². The molecule has 1 aromatic rings. The van der Waals surface area contributed by atoms with Gasteiger partial charge in [-0.3, -0.25) is 4.79 Å². The highest BCUT2D eigenvalue weighted by Gasteiger charge is 2.53. The van der Waals surface area contributed by atoms with Crippen LogP contribution < -0.4 is 0 Å². The number of phenols is 1. The lowest BCUT2D eigenvalue weighted by Crippen LogP contribution is -2.22. The highest BCUT2D eigenvalue weighted by Crippen LogP contribution is 2.52. The van der Waals surface area contributed by atoms with Crippen LogP contribution in [0.4, 0.5) is 0 Å². The number of carbonyl (C=O) groups excluding carboxylic acids is 1. The summed E-state index contributed by atoms with van der Waals surface area (Å²) in [6.45, 7) is 1.94. The molecule has 0 bridgehead atoms. The van der Waals surface area contributed by atoms with E-state index in [1.807, 2.05) is 19.1 Å². The van der Waals surface area contributed by atoms with Crippen LogP contribution in [0.3, 0.4) is 0 Å². The van der Waals surface area contributed by atoms with Crippen molar-refractivity contribution in [3.05, 3.63) is 29.3 Å². The summed E-state index contributed by atoms with van der Waals surface area (Å²) >= 11 is 0. The van der Waals surface area contributed by atoms with Crippen LogP contribution in [0.15, 0.2) is 18.2 Å². The average molecular weight is 206 g/mol. The maximum Gasteiger partial charge on any atom is 0.316 e. The van der Waals surface area contributed by atoms with Crippen LogP contribution in [0.25, 0.3) is 0 Å². The smallest absolute Gasteiger partial charge is 0.316 e. The molecule has 15 heavy (non-hydrogen) atoms. The Morgan fingerprint density at radius 1 is 1.47 bits per heavy atom. The van der Waals surface area contributed by atoms with Crippen molar-refractivity contribution in [2.45, 2.75) is 25.2 Å². The van der Waals surface area contributed by atoms with Gasteiger partial charge in [0.1, 0.15) is 5.75 Å². The predicted molar refractivity (Wildman–Crippen MR) is 55.8 cm³/mol. The van der Waals surface area contributed by atoms with Crippen LogP contribution in [0.1, 0.15) is 24.0 Å². The molecule has 0 spiro atoms. The van der Waals surface area contributed by atoms with Crippen molar-refractivity contribution in [1.82, 2.24) is 0 Å². The first-order valence-corrected chi connectivity index (χ1v) is 4.99. The van der Waals surface area contributed by atoms with Gasteiger partial charge in [0.2, 0.25) is 0 Å². The molecule has 1 N–H and O–H groups in total. The lowest BCUT2D eigenvalue weighted by molar-refractivity contribution is -0.143. The second-order valence-corrected chi connectivity index (χ2v) is 4.09. The molecule has 1 aliphatic carbocycles. The molecule has 1 aromatic carbocycles. The lowest BCUT2D eigenvalue weighted by atomic mass is 9.93. The molecule has 0 unspecified atom stereocenters. The maximum atomic E-state index is 11.6. The fraction of sp³-hybridized carbons (Fsp3) is 0.417. The van der Waals surface area contributed by atoms with Crippen LogP contribution in [-0.4, -0.2) is 18.2 Å². The first-order chi connectivity index (χ1) is 7.10. The van der Waals surface area contributed by atoms with E-state index >= 15 is 0 Å². The van der Waals surface area contributed by atoms with E-state index in [1.54, 1.807) is 6.07 Å². The normalized spacial score (nSPS) is 17.2. The van der Waals surface area contributed by atoms with Gasteiger partial charge >= 0.3 is 5.97 Å². The zero-order valence-electron chi connectivity index (χ0n) is 8.91. The summed E-state index contributed by atoms with van der Waals surface area (Å²) in [5.41, 5.74) is 1.16. The van der Waals surface area contributed by atoms with E-state index in [0.29, 0.717) is 5.56 Å². The number of hydrogen-bond donors (Lipinski definition) is 1. The number of rotatable bonds is 2. The molecule has 3 nitrogen and oxygen atoms in total. The number of hydrogen-bond acceptors (Lipinski definition) is 3. The Hall–Kier alpha value is -1.51. The van der Waals surface area contributed by atoms with Crippen molar-refractivity contribution in [1.29, 1.82) is 0 Å². The number of methoxy groups -OCH3 is 1. The van der Waals surface area contributed by atoms with Crippen LogP contribution in [-0.2, 0) is 14.9 Å². The Morgan fingerprint density at radius 3 is 2.67 bits per heavy atom. The van der Waals surface area contributed by atoms with Crippen molar-refractivity contribution in [3.8, 4) is 5.75 Å². The molecule has 0 aliphatic heterocycles. The predicted octanol–water partition coefficient (Wildman–Crippen LogP) is 1.91. The second-order valence-electron chi connectivity index (χ2n) is 4.09. The summed E-state index contributed by atoms with van der Waals surface area (Å²) in [5.74, 6) is -0.0631. The molecule has 0 amide bonds. The van der Waals surface area contributed by atoms with E-state index in [9.17, 15) is 9.90 Å². The monoisotopic (exact) mass is 206 g/mol. The van der Waals surface area contributed by atoms with E-state index in [1.165, 1.54) is 7.11 Å². The Labute approximate surface area is 88.7 Å². The van der Waals surface area contributed by atoms with E-state index in [4.69, 9.17) is 4.74 Å². The van der Waals surface area contributed by atoms with Gasteiger partial charge in [0.15, 0.2) is 0 Å². The SMILES string of the molecule is COC(=O)C1(c2cc(C)ccc2O)CC1. The van der Waals surface area contributed by atoms with Crippen molar-refractivity contribution < 1.29 is 14.6 Å².